The normalized spacial score (nSPS) is 14.5. The van der Waals surface area contributed by atoms with Crippen LogP contribution in [0.3, 0.4) is 0 Å². The van der Waals surface area contributed by atoms with Gasteiger partial charge in [0, 0.05) is 36.9 Å². The molecule has 1 heterocycles. The number of hydrogen-bond donors (Lipinski definition) is 1. The highest BCUT2D eigenvalue weighted by Crippen LogP contribution is 2.14. The molecule has 16 heavy (non-hydrogen) atoms. The van der Waals surface area contributed by atoms with E-state index in [1.807, 2.05) is 20.0 Å². The molecule has 90 valence electrons. The van der Waals surface area contributed by atoms with Crippen molar-refractivity contribution < 1.29 is 4.79 Å². The molecule has 2 N–H and O–H groups in total. The minimum Gasteiger partial charge on any atom is -0.343 e. The standard InChI is InChI=1S/C12H20N2OS/c1-9(13)7-12(15)14(3)10(2)8-11-5-4-6-16-11/h4-6,9-10H,7-8,13H2,1-3H3. The summed E-state index contributed by atoms with van der Waals surface area (Å²) in [6, 6.07) is 4.30. The number of carbonyl (C=O) groups excluding carboxylic acids is 1. The number of nitrogens with two attached hydrogens (primary N) is 1. The number of carbonyl (C=O) groups is 1. The third-order valence-corrected chi connectivity index (χ3v) is 3.53. The van der Waals surface area contributed by atoms with Gasteiger partial charge in [0.15, 0.2) is 0 Å². The van der Waals surface area contributed by atoms with Gasteiger partial charge >= 0.3 is 0 Å². The van der Waals surface area contributed by atoms with Gasteiger partial charge in [-0.2, -0.15) is 0 Å². The predicted molar refractivity (Wildman–Crippen MR) is 68.5 cm³/mol. The number of hydrogen-bond acceptors (Lipinski definition) is 3. The van der Waals surface area contributed by atoms with E-state index in [0.717, 1.165) is 6.42 Å². The zero-order valence-corrected chi connectivity index (χ0v) is 11.0. The molecule has 2 atom stereocenters. The van der Waals surface area contributed by atoms with Crippen molar-refractivity contribution in [2.75, 3.05) is 7.05 Å². The van der Waals surface area contributed by atoms with E-state index in [2.05, 4.69) is 18.4 Å². The smallest absolute Gasteiger partial charge is 0.224 e. The Morgan fingerprint density at radius 1 is 1.56 bits per heavy atom. The Balaban J connectivity index is 2.47. The van der Waals surface area contributed by atoms with E-state index in [-0.39, 0.29) is 18.0 Å². The summed E-state index contributed by atoms with van der Waals surface area (Å²) < 4.78 is 0. The van der Waals surface area contributed by atoms with Crippen LogP contribution >= 0.6 is 11.3 Å². The average molecular weight is 240 g/mol. The lowest BCUT2D eigenvalue weighted by Gasteiger charge is -2.25. The van der Waals surface area contributed by atoms with Crippen LogP contribution in [0.1, 0.15) is 25.1 Å². The summed E-state index contributed by atoms with van der Waals surface area (Å²) in [4.78, 5) is 14.9. The van der Waals surface area contributed by atoms with E-state index in [4.69, 9.17) is 5.73 Å². The Labute approximate surface area is 101 Å². The van der Waals surface area contributed by atoms with Crippen LogP contribution in [0.2, 0.25) is 0 Å². The molecule has 1 aromatic heterocycles. The highest BCUT2D eigenvalue weighted by Gasteiger charge is 2.17. The van der Waals surface area contributed by atoms with Gasteiger partial charge in [0.05, 0.1) is 0 Å². The Kier molecular flexibility index (Phi) is 4.96. The van der Waals surface area contributed by atoms with E-state index in [1.165, 1.54) is 4.88 Å². The largest absolute Gasteiger partial charge is 0.343 e. The van der Waals surface area contributed by atoms with Gasteiger partial charge in [-0.3, -0.25) is 4.79 Å². The molecule has 0 spiro atoms. The molecule has 1 amide bonds. The molecule has 0 fully saturated rings. The lowest BCUT2D eigenvalue weighted by Crippen LogP contribution is -2.38. The molecule has 0 aliphatic rings. The van der Waals surface area contributed by atoms with Crippen molar-refractivity contribution in [3.05, 3.63) is 22.4 Å². The van der Waals surface area contributed by atoms with E-state index >= 15 is 0 Å². The summed E-state index contributed by atoms with van der Waals surface area (Å²) in [6.45, 7) is 3.93. The van der Waals surface area contributed by atoms with Crippen molar-refractivity contribution in [3.8, 4) is 0 Å². The molecule has 1 rings (SSSR count). The van der Waals surface area contributed by atoms with Gasteiger partial charge in [0.1, 0.15) is 0 Å². The predicted octanol–water partition coefficient (Wildman–Crippen LogP) is 1.87. The second-order valence-corrected chi connectivity index (χ2v) is 5.35. The molecule has 0 radical (unpaired) electrons. The summed E-state index contributed by atoms with van der Waals surface area (Å²) in [5, 5.41) is 2.06. The quantitative estimate of drug-likeness (QED) is 0.854. The number of nitrogens with zero attached hydrogens (tertiary/aromatic N) is 1. The van der Waals surface area contributed by atoms with Crippen molar-refractivity contribution in [3.63, 3.8) is 0 Å². The monoisotopic (exact) mass is 240 g/mol. The first-order chi connectivity index (χ1) is 7.50. The minimum atomic E-state index is -0.0658. The minimum absolute atomic E-state index is 0.0658. The number of rotatable bonds is 5. The maximum absolute atomic E-state index is 11.8. The Bertz CT molecular complexity index is 322. The van der Waals surface area contributed by atoms with Crippen LogP contribution in [0, 0.1) is 0 Å². The fourth-order valence-electron chi connectivity index (χ4n) is 1.52. The van der Waals surface area contributed by atoms with Crippen molar-refractivity contribution in [1.82, 2.24) is 4.90 Å². The van der Waals surface area contributed by atoms with E-state index in [1.54, 1.807) is 16.2 Å². The highest BCUT2D eigenvalue weighted by atomic mass is 32.1. The fourth-order valence-corrected chi connectivity index (χ4v) is 2.35. The van der Waals surface area contributed by atoms with E-state index in [9.17, 15) is 4.79 Å². The SMILES string of the molecule is CC(N)CC(=O)N(C)C(C)Cc1cccs1. The molecule has 0 saturated heterocycles. The lowest BCUT2D eigenvalue weighted by atomic mass is 10.1. The topological polar surface area (TPSA) is 46.3 Å². The second-order valence-electron chi connectivity index (χ2n) is 4.32. The molecule has 3 nitrogen and oxygen atoms in total. The molecule has 0 saturated carbocycles. The maximum atomic E-state index is 11.8. The first kappa shape index (κ1) is 13.2. The molecule has 0 aliphatic heterocycles. The molecule has 1 aromatic rings. The molecular weight excluding hydrogens is 220 g/mol. The Morgan fingerprint density at radius 2 is 2.25 bits per heavy atom. The number of thiophene rings is 1. The maximum Gasteiger partial charge on any atom is 0.224 e. The molecule has 0 bridgehead atoms. The van der Waals surface area contributed by atoms with E-state index < -0.39 is 0 Å². The average Bonchev–Trinajstić information content (AvgIpc) is 2.68. The molecule has 0 aliphatic carbocycles. The third-order valence-electron chi connectivity index (χ3n) is 2.63. The third kappa shape index (κ3) is 3.94. The highest BCUT2D eigenvalue weighted by molar-refractivity contribution is 7.09. The first-order valence-electron chi connectivity index (χ1n) is 5.54. The van der Waals surface area contributed by atoms with Crippen molar-refractivity contribution in [1.29, 1.82) is 0 Å². The zero-order chi connectivity index (χ0) is 12.1. The summed E-state index contributed by atoms with van der Waals surface area (Å²) in [6.07, 6.45) is 1.34. The Hall–Kier alpha value is -0.870. The summed E-state index contributed by atoms with van der Waals surface area (Å²) in [5.74, 6) is 0.124. The second kappa shape index (κ2) is 6.01. The summed E-state index contributed by atoms with van der Waals surface area (Å²) in [7, 11) is 1.85. The fraction of sp³-hybridized carbons (Fsp3) is 0.583. The molecule has 4 heteroatoms. The first-order valence-corrected chi connectivity index (χ1v) is 6.42. The van der Waals surface area contributed by atoms with Gasteiger partial charge in [0.25, 0.3) is 0 Å². The summed E-state index contributed by atoms with van der Waals surface area (Å²) >= 11 is 1.73. The van der Waals surface area contributed by atoms with Crippen LogP contribution in [-0.2, 0) is 11.2 Å². The van der Waals surface area contributed by atoms with Gasteiger partial charge in [-0.25, -0.2) is 0 Å². The van der Waals surface area contributed by atoms with Gasteiger partial charge in [-0.05, 0) is 25.3 Å². The summed E-state index contributed by atoms with van der Waals surface area (Å²) in [5.41, 5.74) is 5.62. The van der Waals surface area contributed by atoms with Gasteiger partial charge < -0.3 is 10.6 Å². The van der Waals surface area contributed by atoms with Crippen molar-refractivity contribution in [2.45, 2.75) is 38.8 Å². The van der Waals surface area contributed by atoms with Gasteiger partial charge in [0.2, 0.25) is 5.91 Å². The Morgan fingerprint density at radius 3 is 2.75 bits per heavy atom. The van der Waals surface area contributed by atoms with Gasteiger partial charge in [-0.1, -0.05) is 6.07 Å². The lowest BCUT2D eigenvalue weighted by molar-refractivity contribution is -0.131. The van der Waals surface area contributed by atoms with E-state index in [0.29, 0.717) is 6.42 Å². The van der Waals surface area contributed by atoms with Crippen LogP contribution in [-0.4, -0.2) is 29.9 Å². The zero-order valence-electron chi connectivity index (χ0n) is 10.1. The molecular formula is C12H20N2OS. The number of likely N-dealkylation sites (N-methyl/N-ethyl adjacent to an activating group) is 1. The van der Waals surface area contributed by atoms with Crippen molar-refractivity contribution >= 4 is 17.2 Å². The molecule has 2 unspecified atom stereocenters. The van der Waals surface area contributed by atoms with Crippen LogP contribution in [0.25, 0.3) is 0 Å². The van der Waals surface area contributed by atoms with Crippen molar-refractivity contribution in [2.24, 2.45) is 5.73 Å². The van der Waals surface area contributed by atoms with Crippen LogP contribution in [0.4, 0.5) is 0 Å². The number of amides is 1. The molecule has 0 aromatic carbocycles. The van der Waals surface area contributed by atoms with Crippen LogP contribution in [0.5, 0.6) is 0 Å². The van der Waals surface area contributed by atoms with Crippen LogP contribution in [0.15, 0.2) is 17.5 Å². The van der Waals surface area contributed by atoms with Crippen LogP contribution < -0.4 is 5.73 Å². The van der Waals surface area contributed by atoms with Gasteiger partial charge in [-0.15, -0.1) is 11.3 Å².